The number of nitrogens with two attached hydrogens (primary N) is 1. The first-order valence-electron chi connectivity index (χ1n) is 4.38. The van der Waals surface area contributed by atoms with Gasteiger partial charge in [-0.15, -0.1) is 11.8 Å². The van der Waals surface area contributed by atoms with Crippen LogP contribution in [0.15, 0.2) is 11.0 Å². The highest BCUT2D eigenvalue weighted by Crippen LogP contribution is 2.29. The fraction of sp³-hybridized carbons (Fsp3) is 0.375. The van der Waals surface area contributed by atoms with Crippen LogP contribution in [0, 0.1) is 5.82 Å². The molecule has 0 aromatic carbocycles. The first-order chi connectivity index (χ1) is 7.61. The van der Waals surface area contributed by atoms with Gasteiger partial charge in [-0.05, 0) is 0 Å². The molecule has 0 bridgehead atoms. The first-order valence-corrected chi connectivity index (χ1v) is 5.43. The largest absolute Gasteiger partial charge is 0.381 e. The first kappa shape index (κ1) is 11.1. The lowest BCUT2D eigenvalue weighted by atomic mass is 10.5. The normalized spacial score (nSPS) is 24.6. The van der Waals surface area contributed by atoms with E-state index in [-0.39, 0.29) is 0 Å². The van der Waals surface area contributed by atoms with E-state index in [2.05, 4.69) is 4.98 Å². The molecule has 2 atom stereocenters. The molecule has 2 rings (SSSR count). The number of hydrogen-bond acceptors (Lipinski definition) is 6. The lowest BCUT2D eigenvalue weighted by Gasteiger charge is -2.12. The smallest absolute Gasteiger partial charge is 0.351 e. The summed E-state index contributed by atoms with van der Waals surface area (Å²) in [5.41, 5.74) is 3.81. The highest BCUT2D eigenvalue weighted by atomic mass is 32.2. The Morgan fingerprint density at radius 3 is 3.12 bits per heavy atom. The molecule has 0 amide bonds. The minimum absolute atomic E-state index is 0.383. The molecule has 1 fully saturated rings. The molecule has 1 aliphatic rings. The summed E-state index contributed by atoms with van der Waals surface area (Å²) in [5.74, 6) is -0.851. The molecule has 86 valence electrons. The van der Waals surface area contributed by atoms with E-state index in [4.69, 9.17) is 10.5 Å². The van der Waals surface area contributed by atoms with E-state index < -0.39 is 29.0 Å². The maximum atomic E-state index is 13.1. The number of aromatic nitrogens is 2. The van der Waals surface area contributed by atoms with E-state index in [9.17, 15) is 14.0 Å². The van der Waals surface area contributed by atoms with Crippen molar-refractivity contribution in [2.45, 2.75) is 11.7 Å². The zero-order valence-electron chi connectivity index (χ0n) is 8.00. The van der Waals surface area contributed by atoms with Crippen molar-refractivity contribution in [2.24, 2.45) is 0 Å². The Labute approximate surface area is 93.6 Å². The molecule has 0 saturated carbocycles. The maximum Gasteiger partial charge on any atom is 0.351 e. The predicted octanol–water partition coefficient (Wildman–Crippen LogP) is -0.248. The van der Waals surface area contributed by atoms with E-state index >= 15 is 0 Å². The average Bonchev–Trinajstić information content (AvgIpc) is 2.71. The molecule has 0 spiro atoms. The molecule has 1 aromatic rings. The van der Waals surface area contributed by atoms with Gasteiger partial charge in [-0.2, -0.15) is 4.98 Å². The van der Waals surface area contributed by atoms with Gasteiger partial charge < -0.3 is 10.5 Å². The zero-order valence-corrected chi connectivity index (χ0v) is 8.82. The summed E-state index contributed by atoms with van der Waals surface area (Å²) in [4.78, 5) is 25.2. The molecule has 2 N–H and O–H groups in total. The van der Waals surface area contributed by atoms with Gasteiger partial charge in [0.1, 0.15) is 6.23 Å². The summed E-state index contributed by atoms with van der Waals surface area (Å²) in [6.45, 7) is 0. The Balaban J connectivity index is 2.31. The van der Waals surface area contributed by atoms with Gasteiger partial charge in [-0.3, -0.25) is 9.36 Å². The number of aldehydes is 1. The van der Waals surface area contributed by atoms with Crippen LogP contribution in [-0.2, 0) is 9.53 Å². The van der Waals surface area contributed by atoms with E-state index in [1.807, 2.05) is 0 Å². The quantitative estimate of drug-likeness (QED) is 0.723. The third kappa shape index (κ3) is 1.93. The molecule has 1 aliphatic heterocycles. The monoisotopic (exact) mass is 245 g/mol. The number of nitrogens with zero attached hydrogens (tertiary/aromatic N) is 2. The Morgan fingerprint density at radius 1 is 1.75 bits per heavy atom. The molecular formula is C8H8FN3O3S. The van der Waals surface area contributed by atoms with Crippen molar-refractivity contribution >= 4 is 23.9 Å². The Morgan fingerprint density at radius 2 is 2.50 bits per heavy atom. The van der Waals surface area contributed by atoms with Gasteiger partial charge in [0.2, 0.25) is 0 Å². The molecular weight excluding hydrogens is 237 g/mol. The maximum absolute atomic E-state index is 13.1. The number of rotatable bonds is 2. The summed E-state index contributed by atoms with van der Waals surface area (Å²) >= 11 is 1.23. The zero-order chi connectivity index (χ0) is 11.7. The third-order valence-electron chi connectivity index (χ3n) is 2.05. The molecule has 2 heterocycles. The van der Waals surface area contributed by atoms with Crippen molar-refractivity contribution in [1.29, 1.82) is 0 Å². The molecule has 0 radical (unpaired) electrons. The summed E-state index contributed by atoms with van der Waals surface area (Å²) in [5, 5.41) is 0. The van der Waals surface area contributed by atoms with Crippen LogP contribution in [0.1, 0.15) is 6.23 Å². The van der Waals surface area contributed by atoms with Crippen molar-refractivity contribution in [3.05, 3.63) is 22.5 Å². The predicted molar refractivity (Wildman–Crippen MR) is 55.3 cm³/mol. The number of carbonyl (C=O) groups excluding carboxylic acids is 1. The number of halogens is 1. The summed E-state index contributed by atoms with van der Waals surface area (Å²) in [7, 11) is 0. The lowest BCUT2D eigenvalue weighted by molar-refractivity contribution is -0.116. The van der Waals surface area contributed by atoms with Crippen molar-refractivity contribution in [3.63, 3.8) is 0 Å². The van der Waals surface area contributed by atoms with Crippen LogP contribution in [-0.4, -0.2) is 27.0 Å². The number of nitrogen functional groups attached to an aromatic ring is 1. The van der Waals surface area contributed by atoms with Crippen LogP contribution in [0.2, 0.25) is 0 Å². The molecule has 1 aromatic heterocycles. The van der Waals surface area contributed by atoms with E-state index in [1.165, 1.54) is 11.8 Å². The van der Waals surface area contributed by atoms with Crippen molar-refractivity contribution in [1.82, 2.24) is 9.55 Å². The van der Waals surface area contributed by atoms with Gasteiger partial charge in [0.05, 0.1) is 6.20 Å². The minimum atomic E-state index is -0.789. The number of anilines is 1. The fourth-order valence-corrected chi connectivity index (χ4v) is 2.17. The highest BCUT2D eigenvalue weighted by Gasteiger charge is 2.28. The van der Waals surface area contributed by atoms with Gasteiger partial charge in [0, 0.05) is 5.75 Å². The van der Waals surface area contributed by atoms with Gasteiger partial charge in [0.15, 0.2) is 23.4 Å². The average molecular weight is 245 g/mol. The summed E-state index contributed by atoms with van der Waals surface area (Å²) in [6.07, 6.45) is 0.871. The van der Waals surface area contributed by atoms with E-state index in [1.54, 1.807) is 0 Å². The fourth-order valence-electron chi connectivity index (χ4n) is 1.29. The van der Waals surface area contributed by atoms with Gasteiger partial charge in [-0.1, -0.05) is 0 Å². The van der Waals surface area contributed by atoms with E-state index in [0.717, 1.165) is 10.8 Å². The molecule has 1 saturated heterocycles. The Bertz CT molecular complexity index is 478. The second kappa shape index (κ2) is 4.22. The summed E-state index contributed by atoms with van der Waals surface area (Å²) < 4.78 is 19.3. The number of ether oxygens (including phenoxy) is 1. The number of hydrogen-bond donors (Lipinski definition) is 1. The highest BCUT2D eigenvalue weighted by molar-refractivity contribution is 8.00. The molecule has 0 aliphatic carbocycles. The third-order valence-corrected chi connectivity index (χ3v) is 3.08. The molecule has 0 unspecified atom stereocenters. The van der Waals surface area contributed by atoms with Crippen LogP contribution in [0.25, 0.3) is 0 Å². The van der Waals surface area contributed by atoms with Gasteiger partial charge in [0.25, 0.3) is 0 Å². The number of thioether (sulfide) groups is 1. The second-order valence-corrected chi connectivity index (χ2v) is 4.22. The van der Waals surface area contributed by atoms with E-state index in [0.29, 0.717) is 12.0 Å². The van der Waals surface area contributed by atoms with Crippen LogP contribution in [0.5, 0.6) is 0 Å². The molecule has 6 nitrogen and oxygen atoms in total. The van der Waals surface area contributed by atoms with Crippen LogP contribution >= 0.6 is 11.8 Å². The van der Waals surface area contributed by atoms with Crippen LogP contribution in [0.4, 0.5) is 10.2 Å². The van der Waals surface area contributed by atoms with Gasteiger partial charge >= 0.3 is 5.69 Å². The van der Waals surface area contributed by atoms with Crippen LogP contribution < -0.4 is 11.4 Å². The Kier molecular flexibility index (Phi) is 2.92. The SMILES string of the molecule is Nc1nc(=O)n([C@@H]2CS[C@H](C=O)O2)cc1F. The lowest BCUT2D eigenvalue weighted by Crippen LogP contribution is -2.29. The topological polar surface area (TPSA) is 87.2 Å². The van der Waals surface area contributed by atoms with Gasteiger partial charge in [-0.25, -0.2) is 9.18 Å². The second-order valence-electron chi connectivity index (χ2n) is 3.09. The van der Waals surface area contributed by atoms with Crippen molar-refractivity contribution in [2.75, 3.05) is 11.5 Å². The Hall–Kier alpha value is -1.41. The molecule has 8 heteroatoms. The van der Waals surface area contributed by atoms with Crippen molar-refractivity contribution in [3.8, 4) is 0 Å². The standard InChI is InChI=1S/C8H8FN3O3S/c9-4-1-12(8(14)11-7(4)10)5-3-16-6(2-13)15-5/h1-2,5-6H,3H2,(H2,10,11,14)/t5-,6+/m0/s1. The van der Waals surface area contributed by atoms with Crippen molar-refractivity contribution < 1.29 is 13.9 Å². The summed E-state index contributed by atoms with van der Waals surface area (Å²) in [6, 6.07) is 0. The van der Waals surface area contributed by atoms with Crippen LogP contribution in [0.3, 0.4) is 0 Å². The number of carbonyl (C=O) groups is 1. The molecule has 16 heavy (non-hydrogen) atoms. The minimum Gasteiger partial charge on any atom is -0.381 e.